The van der Waals surface area contributed by atoms with Gasteiger partial charge in [0.05, 0.1) is 5.71 Å². The summed E-state index contributed by atoms with van der Waals surface area (Å²) in [6.45, 7) is 0.512. The highest BCUT2D eigenvalue weighted by molar-refractivity contribution is 6.10. The molecule has 0 bridgehead atoms. The van der Waals surface area contributed by atoms with E-state index in [0.717, 1.165) is 23.4 Å². The minimum absolute atomic E-state index is 0.512. The molecule has 0 spiro atoms. The average Bonchev–Trinajstić information content (AvgIpc) is 2.76. The SMILES string of the molecule is N/C=C\C(=N/CNc1ccccc1)C1=CC=CCC=C1. The third kappa shape index (κ3) is 4.28. The normalized spacial score (nSPS) is 15.2. The minimum atomic E-state index is 0.512. The summed E-state index contributed by atoms with van der Waals surface area (Å²) in [5.74, 6) is 0. The number of hydrogen-bond donors (Lipinski definition) is 2. The topological polar surface area (TPSA) is 50.4 Å². The molecule has 0 atom stereocenters. The van der Waals surface area contributed by atoms with Crippen molar-refractivity contribution < 1.29 is 0 Å². The van der Waals surface area contributed by atoms with Crippen molar-refractivity contribution in [2.24, 2.45) is 10.7 Å². The van der Waals surface area contributed by atoms with Gasteiger partial charge in [0, 0.05) is 5.69 Å². The first-order valence-corrected chi connectivity index (χ1v) is 6.65. The van der Waals surface area contributed by atoms with Crippen molar-refractivity contribution in [1.82, 2.24) is 0 Å². The zero-order valence-electron chi connectivity index (χ0n) is 11.4. The molecule has 0 radical (unpaired) electrons. The highest BCUT2D eigenvalue weighted by Gasteiger charge is 2.00. The highest BCUT2D eigenvalue weighted by atomic mass is 15.0. The van der Waals surface area contributed by atoms with Gasteiger partial charge >= 0.3 is 0 Å². The van der Waals surface area contributed by atoms with Gasteiger partial charge in [-0.25, -0.2) is 0 Å². The van der Waals surface area contributed by atoms with Crippen molar-refractivity contribution in [2.75, 3.05) is 12.0 Å². The molecule has 0 fully saturated rings. The first-order valence-electron chi connectivity index (χ1n) is 6.65. The van der Waals surface area contributed by atoms with Gasteiger partial charge in [0.25, 0.3) is 0 Å². The summed E-state index contributed by atoms with van der Waals surface area (Å²) in [6, 6.07) is 10.0. The van der Waals surface area contributed by atoms with E-state index in [0.29, 0.717) is 6.67 Å². The van der Waals surface area contributed by atoms with Crippen molar-refractivity contribution in [3.05, 3.63) is 78.6 Å². The Bertz CT molecular complexity index is 563. The molecule has 2 rings (SSSR count). The van der Waals surface area contributed by atoms with E-state index >= 15 is 0 Å². The Morgan fingerprint density at radius 2 is 2.10 bits per heavy atom. The molecule has 0 saturated carbocycles. The molecule has 0 saturated heterocycles. The summed E-state index contributed by atoms with van der Waals surface area (Å²) in [5.41, 5.74) is 8.50. The predicted molar refractivity (Wildman–Crippen MR) is 86.7 cm³/mol. The molecule has 1 aliphatic carbocycles. The zero-order valence-corrected chi connectivity index (χ0v) is 11.4. The Hall–Kier alpha value is -2.55. The Balaban J connectivity index is 2.06. The number of allylic oxidation sites excluding steroid dienone is 7. The molecule has 0 aromatic heterocycles. The van der Waals surface area contributed by atoms with E-state index in [4.69, 9.17) is 5.73 Å². The lowest BCUT2D eigenvalue weighted by Crippen LogP contribution is -2.05. The summed E-state index contributed by atoms with van der Waals surface area (Å²) >= 11 is 0. The quantitative estimate of drug-likeness (QED) is 0.801. The molecule has 3 N–H and O–H groups in total. The number of benzene rings is 1. The van der Waals surface area contributed by atoms with Gasteiger partial charge in [-0.05, 0) is 36.4 Å². The van der Waals surface area contributed by atoms with Crippen LogP contribution in [-0.2, 0) is 0 Å². The van der Waals surface area contributed by atoms with Crippen LogP contribution in [0.4, 0.5) is 5.69 Å². The zero-order chi connectivity index (χ0) is 14.0. The summed E-state index contributed by atoms with van der Waals surface area (Å²) in [7, 11) is 0. The van der Waals surface area contributed by atoms with Crippen molar-refractivity contribution in [2.45, 2.75) is 6.42 Å². The van der Waals surface area contributed by atoms with Crippen LogP contribution in [0.2, 0.25) is 0 Å². The molecular formula is C17H19N3. The molecule has 0 heterocycles. The number of aliphatic imine (C=N–C) groups is 1. The Morgan fingerprint density at radius 3 is 2.90 bits per heavy atom. The van der Waals surface area contributed by atoms with Gasteiger partial charge in [0.15, 0.2) is 0 Å². The van der Waals surface area contributed by atoms with Crippen LogP contribution in [0.3, 0.4) is 0 Å². The third-order valence-corrected chi connectivity index (χ3v) is 2.84. The summed E-state index contributed by atoms with van der Waals surface area (Å²) < 4.78 is 0. The second-order valence-corrected chi connectivity index (χ2v) is 4.29. The maximum Gasteiger partial charge on any atom is 0.108 e. The fourth-order valence-corrected chi connectivity index (χ4v) is 1.85. The minimum Gasteiger partial charge on any atom is -0.405 e. The number of nitrogens with zero attached hydrogens (tertiary/aromatic N) is 1. The first-order chi connectivity index (χ1) is 9.90. The van der Waals surface area contributed by atoms with E-state index < -0.39 is 0 Å². The van der Waals surface area contributed by atoms with E-state index in [1.54, 1.807) is 0 Å². The lowest BCUT2D eigenvalue weighted by molar-refractivity contribution is 1.14. The molecule has 0 unspecified atom stereocenters. The van der Waals surface area contributed by atoms with E-state index in [9.17, 15) is 0 Å². The van der Waals surface area contributed by atoms with Crippen LogP contribution in [0, 0.1) is 0 Å². The summed E-state index contributed by atoms with van der Waals surface area (Å²) in [6.07, 6.45) is 14.7. The Kier molecular flexibility index (Phi) is 5.40. The molecule has 1 aliphatic rings. The van der Waals surface area contributed by atoms with Crippen molar-refractivity contribution >= 4 is 11.4 Å². The molecule has 1 aromatic carbocycles. The Morgan fingerprint density at radius 1 is 1.25 bits per heavy atom. The van der Waals surface area contributed by atoms with Crippen LogP contribution in [0.25, 0.3) is 0 Å². The maximum atomic E-state index is 5.51. The number of nitrogens with one attached hydrogen (secondary N) is 1. The smallest absolute Gasteiger partial charge is 0.108 e. The van der Waals surface area contributed by atoms with Gasteiger partial charge in [-0.2, -0.15) is 0 Å². The van der Waals surface area contributed by atoms with Crippen LogP contribution < -0.4 is 11.1 Å². The average molecular weight is 265 g/mol. The molecule has 1 aromatic rings. The lowest BCUT2D eigenvalue weighted by Gasteiger charge is -2.05. The number of anilines is 1. The molecule has 102 valence electrons. The van der Waals surface area contributed by atoms with Crippen molar-refractivity contribution in [3.63, 3.8) is 0 Å². The maximum absolute atomic E-state index is 5.51. The standard InChI is InChI=1S/C17H19N3/c18-13-12-17(15-8-4-1-2-5-9-15)20-14-19-16-10-6-3-7-11-16/h1,3-13,19H,2,14,18H2/b13-12-,20-17+. The highest BCUT2D eigenvalue weighted by Crippen LogP contribution is 2.09. The molecule has 0 aliphatic heterocycles. The van der Waals surface area contributed by atoms with E-state index in [1.165, 1.54) is 6.20 Å². The molecule has 0 amide bonds. The summed E-state index contributed by atoms with van der Waals surface area (Å²) in [5, 5.41) is 3.26. The van der Waals surface area contributed by atoms with Gasteiger partial charge < -0.3 is 11.1 Å². The molecule has 20 heavy (non-hydrogen) atoms. The fourth-order valence-electron chi connectivity index (χ4n) is 1.85. The van der Waals surface area contributed by atoms with Gasteiger partial charge in [-0.3, -0.25) is 4.99 Å². The lowest BCUT2D eigenvalue weighted by atomic mass is 10.1. The molecule has 3 heteroatoms. The van der Waals surface area contributed by atoms with E-state index in [2.05, 4.69) is 28.5 Å². The van der Waals surface area contributed by atoms with Crippen LogP contribution in [0.15, 0.2) is 83.6 Å². The fraction of sp³-hybridized carbons (Fsp3) is 0.118. The van der Waals surface area contributed by atoms with Gasteiger partial charge in [0.2, 0.25) is 0 Å². The second kappa shape index (κ2) is 7.79. The third-order valence-electron chi connectivity index (χ3n) is 2.84. The van der Waals surface area contributed by atoms with Crippen LogP contribution >= 0.6 is 0 Å². The van der Waals surface area contributed by atoms with E-state index in [1.807, 2.05) is 48.6 Å². The summed E-state index contributed by atoms with van der Waals surface area (Å²) in [4.78, 5) is 4.56. The Labute approximate surface area is 119 Å². The van der Waals surface area contributed by atoms with E-state index in [-0.39, 0.29) is 0 Å². The number of hydrogen-bond acceptors (Lipinski definition) is 3. The van der Waals surface area contributed by atoms with Gasteiger partial charge in [0.1, 0.15) is 6.67 Å². The largest absolute Gasteiger partial charge is 0.405 e. The molecule has 3 nitrogen and oxygen atoms in total. The van der Waals surface area contributed by atoms with Crippen molar-refractivity contribution in [1.29, 1.82) is 0 Å². The monoisotopic (exact) mass is 265 g/mol. The van der Waals surface area contributed by atoms with Crippen LogP contribution in [0.5, 0.6) is 0 Å². The second-order valence-electron chi connectivity index (χ2n) is 4.29. The predicted octanol–water partition coefficient (Wildman–Crippen LogP) is 3.41. The van der Waals surface area contributed by atoms with Gasteiger partial charge in [-0.1, -0.05) is 48.6 Å². The number of nitrogens with two attached hydrogens (primary N) is 1. The van der Waals surface area contributed by atoms with Gasteiger partial charge in [-0.15, -0.1) is 0 Å². The van der Waals surface area contributed by atoms with Crippen LogP contribution in [0.1, 0.15) is 6.42 Å². The number of rotatable bonds is 5. The van der Waals surface area contributed by atoms with Crippen LogP contribution in [-0.4, -0.2) is 12.4 Å². The number of para-hydroxylation sites is 1. The first kappa shape index (κ1) is 13.9. The van der Waals surface area contributed by atoms with Crippen molar-refractivity contribution in [3.8, 4) is 0 Å². The molecular weight excluding hydrogens is 246 g/mol.